The van der Waals surface area contributed by atoms with Crippen molar-refractivity contribution in [2.45, 2.75) is 19.2 Å². The summed E-state index contributed by atoms with van der Waals surface area (Å²) in [7, 11) is 0. The molecule has 2 aromatic carbocycles. The van der Waals surface area contributed by atoms with Crippen LogP contribution < -0.4 is 0 Å². The number of alkyl halides is 1. The molecule has 0 aliphatic rings. The maximum atomic E-state index is 6.31. The number of rotatable bonds is 2. The fraction of sp³-hybridized carbons (Fsp3) is 0.188. The van der Waals surface area contributed by atoms with Gasteiger partial charge in [0.2, 0.25) is 0 Å². The molecule has 0 saturated carbocycles. The third kappa shape index (κ3) is 2.70. The number of aryl methyl sites for hydroxylation is 1. The zero-order valence-corrected chi connectivity index (χ0v) is 14.7. The minimum Gasteiger partial charge on any atom is -0.295 e. The highest BCUT2D eigenvalue weighted by molar-refractivity contribution is 9.10. The van der Waals surface area contributed by atoms with Gasteiger partial charge in [0.1, 0.15) is 5.82 Å². The van der Waals surface area contributed by atoms with Gasteiger partial charge < -0.3 is 0 Å². The van der Waals surface area contributed by atoms with Crippen LogP contribution in [0.4, 0.5) is 0 Å². The number of fused-ring (bicyclic) bond motifs is 1. The van der Waals surface area contributed by atoms with Crippen molar-refractivity contribution < 1.29 is 0 Å². The quantitative estimate of drug-likeness (QED) is 0.492. The molecule has 21 heavy (non-hydrogen) atoms. The molecule has 1 heterocycles. The molecule has 1 atom stereocenters. The number of nitrogens with zero attached hydrogens (tertiary/aromatic N) is 2. The van der Waals surface area contributed by atoms with E-state index in [1.54, 1.807) is 0 Å². The fourth-order valence-electron chi connectivity index (χ4n) is 2.33. The standard InChI is InChI=1S/C16H13BrCl2N2/c1-9-3-5-12(8-13(9)17)21-15-7-11(19)4-6-14(15)20-16(21)10(2)18/h3-8,10H,1-2H3. The normalized spacial score (nSPS) is 12.8. The van der Waals surface area contributed by atoms with Crippen molar-refractivity contribution in [2.75, 3.05) is 0 Å². The summed E-state index contributed by atoms with van der Waals surface area (Å²) in [5.74, 6) is 0.810. The molecule has 3 rings (SSSR count). The van der Waals surface area contributed by atoms with E-state index in [2.05, 4.69) is 50.6 Å². The van der Waals surface area contributed by atoms with Crippen molar-refractivity contribution in [3.63, 3.8) is 0 Å². The first-order valence-electron chi connectivity index (χ1n) is 6.56. The van der Waals surface area contributed by atoms with Gasteiger partial charge in [-0.3, -0.25) is 4.57 Å². The first kappa shape index (κ1) is 14.9. The number of aromatic nitrogens is 2. The predicted octanol–water partition coefficient (Wildman–Crippen LogP) is 6.05. The van der Waals surface area contributed by atoms with Crippen LogP contribution in [0.15, 0.2) is 40.9 Å². The summed E-state index contributed by atoms with van der Waals surface area (Å²) in [5, 5.41) is 0.486. The van der Waals surface area contributed by atoms with E-state index in [0.29, 0.717) is 5.02 Å². The number of imidazole rings is 1. The van der Waals surface area contributed by atoms with Crippen LogP contribution in [-0.4, -0.2) is 9.55 Å². The highest BCUT2D eigenvalue weighted by Crippen LogP contribution is 2.31. The van der Waals surface area contributed by atoms with E-state index in [0.717, 1.165) is 27.0 Å². The third-order valence-electron chi connectivity index (χ3n) is 3.41. The second-order valence-electron chi connectivity index (χ2n) is 4.99. The molecule has 1 unspecified atom stereocenters. The zero-order valence-electron chi connectivity index (χ0n) is 11.6. The lowest BCUT2D eigenvalue weighted by Gasteiger charge is -2.12. The maximum Gasteiger partial charge on any atom is 0.132 e. The number of benzene rings is 2. The largest absolute Gasteiger partial charge is 0.295 e. The molecular weight excluding hydrogens is 371 g/mol. The van der Waals surface area contributed by atoms with Gasteiger partial charge in [-0.15, -0.1) is 11.6 Å². The van der Waals surface area contributed by atoms with Gasteiger partial charge in [0, 0.05) is 15.2 Å². The molecule has 108 valence electrons. The van der Waals surface area contributed by atoms with Crippen LogP contribution in [0.25, 0.3) is 16.7 Å². The average molecular weight is 384 g/mol. The Morgan fingerprint density at radius 3 is 2.62 bits per heavy atom. The van der Waals surface area contributed by atoms with Crippen LogP contribution in [0.1, 0.15) is 23.7 Å². The van der Waals surface area contributed by atoms with Crippen LogP contribution in [0.3, 0.4) is 0 Å². The maximum absolute atomic E-state index is 6.31. The summed E-state index contributed by atoms with van der Waals surface area (Å²) in [6, 6.07) is 11.9. The van der Waals surface area contributed by atoms with Gasteiger partial charge in [-0.2, -0.15) is 0 Å². The van der Waals surface area contributed by atoms with Crippen LogP contribution in [0.2, 0.25) is 5.02 Å². The zero-order chi connectivity index (χ0) is 15.1. The average Bonchev–Trinajstić information content (AvgIpc) is 2.80. The van der Waals surface area contributed by atoms with Crippen molar-refractivity contribution in [3.8, 4) is 5.69 Å². The van der Waals surface area contributed by atoms with Gasteiger partial charge in [-0.05, 0) is 49.7 Å². The highest BCUT2D eigenvalue weighted by atomic mass is 79.9. The molecular formula is C16H13BrCl2N2. The minimum absolute atomic E-state index is 0.198. The Morgan fingerprint density at radius 1 is 1.19 bits per heavy atom. The Hall–Kier alpha value is -1.03. The Morgan fingerprint density at radius 2 is 1.95 bits per heavy atom. The summed E-state index contributed by atoms with van der Waals surface area (Å²) in [6.45, 7) is 3.98. The Bertz CT molecular complexity index is 825. The topological polar surface area (TPSA) is 17.8 Å². The minimum atomic E-state index is -0.198. The third-order valence-corrected chi connectivity index (χ3v) is 4.70. The molecule has 0 amide bonds. The van der Waals surface area contributed by atoms with Gasteiger partial charge in [-0.25, -0.2) is 4.98 Å². The Balaban J connectivity index is 2.35. The predicted molar refractivity (Wildman–Crippen MR) is 92.8 cm³/mol. The molecule has 0 fully saturated rings. The lowest BCUT2D eigenvalue weighted by atomic mass is 10.2. The number of halogens is 3. The van der Waals surface area contributed by atoms with Crippen molar-refractivity contribution in [1.82, 2.24) is 9.55 Å². The van der Waals surface area contributed by atoms with Crippen molar-refractivity contribution >= 4 is 50.2 Å². The molecule has 3 aromatic rings. The fourth-order valence-corrected chi connectivity index (χ4v) is 3.01. The van der Waals surface area contributed by atoms with E-state index in [1.807, 2.05) is 25.1 Å². The van der Waals surface area contributed by atoms with Crippen LogP contribution in [-0.2, 0) is 0 Å². The summed E-state index contributed by atoms with van der Waals surface area (Å²) < 4.78 is 3.11. The first-order chi connectivity index (χ1) is 9.97. The van der Waals surface area contributed by atoms with Gasteiger partial charge in [0.05, 0.1) is 16.4 Å². The van der Waals surface area contributed by atoms with Gasteiger partial charge in [0.25, 0.3) is 0 Å². The second kappa shape index (κ2) is 5.64. The van der Waals surface area contributed by atoms with Gasteiger partial charge in [-0.1, -0.05) is 33.6 Å². The van der Waals surface area contributed by atoms with Crippen LogP contribution in [0.5, 0.6) is 0 Å². The Kier molecular flexibility index (Phi) is 4.00. The monoisotopic (exact) mass is 382 g/mol. The molecule has 2 nitrogen and oxygen atoms in total. The van der Waals surface area contributed by atoms with E-state index >= 15 is 0 Å². The molecule has 0 N–H and O–H groups in total. The lowest BCUT2D eigenvalue weighted by Crippen LogP contribution is -2.02. The number of hydrogen-bond acceptors (Lipinski definition) is 1. The molecule has 5 heteroatoms. The molecule has 0 aliphatic carbocycles. The van der Waals surface area contributed by atoms with Gasteiger partial charge in [0.15, 0.2) is 0 Å². The SMILES string of the molecule is Cc1ccc(-n2c(C(C)Cl)nc3ccc(Cl)cc32)cc1Br. The summed E-state index contributed by atoms with van der Waals surface area (Å²) in [6.07, 6.45) is 0. The molecule has 0 saturated heterocycles. The van der Waals surface area contributed by atoms with E-state index in [1.165, 1.54) is 5.56 Å². The lowest BCUT2D eigenvalue weighted by molar-refractivity contribution is 0.882. The van der Waals surface area contributed by atoms with Gasteiger partial charge >= 0.3 is 0 Å². The van der Waals surface area contributed by atoms with Crippen LogP contribution in [0, 0.1) is 6.92 Å². The molecule has 0 bridgehead atoms. The van der Waals surface area contributed by atoms with E-state index in [-0.39, 0.29) is 5.38 Å². The highest BCUT2D eigenvalue weighted by Gasteiger charge is 2.17. The van der Waals surface area contributed by atoms with Crippen molar-refractivity contribution in [1.29, 1.82) is 0 Å². The van der Waals surface area contributed by atoms with Crippen molar-refractivity contribution in [2.24, 2.45) is 0 Å². The summed E-state index contributed by atoms with van der Waals surface area (Å²) >= 11 is 16.0. The molecule has 0 aliphatic heterocycles. The Labute approximate surface area is 141 Å². The molecule has 0 spiro atoms. The number of hydrogen-bond donors (Lipinski definition) is 0. The molecule has 0 radical (unpaired) electrons. The van der Waals surface area contributed by atoms with Crippen LogP contribution >= 0.6 is 39.1 Å². The summed E-state index contributed by atoms with van der Waals surface area (Å²) in [4.78, 5) is 4.64. The van der Waals surface area contributed by atoms with E-state index in [9.17, 15) is 0 Å². The molecule has 1 aromatic heterocycles. The second-order valence-corrected chi connectivity index (χ2v) is 6.93. The first-order valence-corrected chi connectivity index (χ1v) is 8.16. The van der Waals surface area contributed by atoms with E-state index in [4.69, 9.17) is 23.2 Å². The summed E-state index contributed by atoms with van der Waals surface area (Å²) in [5.41, 5.74) is 4.04. The smallest absolute Gasteiger partial charge is 0.132 e. The van der Waals surface area contributed by atoms with Crippen molar-refractivity contribution in [3.05, 3.63) is 57.3 Å². The van der Waals surface area contributed by atoms with E-state index < -0.39 is 0 Å².